The number of carboxylic acids is 1. The first-order valence-corrected chi connectivity index (χ1v) is 7.44. The van der Waals surface area contributed by atoms with Gasteiger partial charge in [-0.3, -0.25) is 9.59 Å². The molecule has 1 amide bonds. The first kappa shape index (κ1) is 15.5. The molecule has 0 saturated carbocycles. The summed E-state index contributed by atoms with van der Waals surface area (Å²) in [5.41, 5.74) is 1.12. The summed E-state index contributed by atoms with van der Waals surface area (Å²) in [6, 6.07) is 6.81. The van der Waals surface area contributed by atoms with Crippen LogP contribution in [0.15, 0.2) is 29.6 Å². The van der Waals surface area contributed by atoms with Crippen LogP contribution >= 0.6 is 22.9 Å². The molecule has 7 heteroatoms. The molecular formula is C14H13ClN2O3S. The molecule has 1 aromatic heterocycles. The monoisotopic (exact) mass is 324 g/mol. The highest BCUT2D eigenvalue weighted by Crippen LogP contribution is 2.22. The van der Waals surface area contributed by atoms with Crippen LogP contribution in [0.25, 0.3) is 0 Å². The number of rotatable bonds is 5. The molecule has 1 aromatic carbocycles. The molecular weight excluding hydrogens is 312 g/mol. The summed E-state index contributed by atoms with van der Waals surface area (Å²) in [5, 5.41) is 14.3. The molecule has 1 heterocycles. The second-order valence-corrected chi connectivity index (χ2v) is 5.79. The molecule has 0 fully saturated rings. The molecule has 0 radical (unpaired) electrons. The van der Waals surface area contributed by atoms with Crippen LogP contribution in [0.1, 0.15) is 23.5 Å². The van der Waals surface area contributed by atoms with Crippen molar-refractivity contribution in [1.29, 1.82) is 0 Å². The zero-order valence-electron chi connectivity index (χ0n) is 11.2. The van der Waals surface area contributed by atoms with Gasteiger partial charge in [0.05, 0.1) is 18.0 Å². The summed E-state index contributed by atoms with van der Waals surface area (Å²) in [6.07, 6.45) is -0.137. The third kappa shape index (κ3) is 4.27. The van der Waals surface area contributed by atoms with E-state index in [0.717, 1.165) is 0 Å². The van der Waals surface area contributed by atoms with Crippen molar-refractivity contribution >= 4 is 40.5 Å². The predicted octanol–water partition coefficient (Wildman–Crippen LogP) is 3.17. The number of carbonyl (C=O) groups is 2. The molecule has 110 valence electrons. The van der Waals surface area contributed by atoms with Crippen molar-refractivity contribution in [3.05, 3.63) is 45.4 Å². The zero-order chi connectivity index (χ0) is 15.4. The van der Waals surface area contributed by atoms with Gasteiger partial charge in [0.15, 0.2) is 0 Å². The molecule has 0 aliphatic carbocycles. The Labute approximate surface area is 130 Å². The SMILES string of the molecule is C[C@@H](C(=O)Nc1ccc(Cl)cc1)c1nc(CC(=O)O)cs1. The summed E-state index contributed by atoms with van der Waals surface area (Å²) in [4.78, 5) is 26.9. The van der Waals surface area contributed by atoms with Crippen molar-refractivity contribution < 1.29 is 14.7 Å². The predicted molar refractivity (Wildman–Crippen MR) is 82.0 cm³/mol. The van der Waals surface area contributed by atoms with Gasteiger partial charge < -0.3 is 10.4 Å². The van der Waals surface area contributed by atoms with Gasteiger partial charge in [-0.05, 0) is 31.2 Å². The Bertz CT molecular complexity index is 654. The number of nitrogens with zero attached hydrogens (tertiary/aromatic N) is 1. The normalized spacial score (nSPS) is 11.9. The van der Waals surface area contributed by atoms with Crippen LogP contribution in [0, 0.1) is 0 Å². The van der Waals surface area contributed by atoms with Crippen LogP contribution in [-0.2, 0) is 16.0 Å². The fraction of sp³-hybridized carbons (Fsp3) is 0.214. The second-order valence-electron chi connectivity index (χ2n) is 4.47. The minimum absolute atomic E-state index is 0.137. The van der Waals surface area contributed by atoms with Crippen LogP contribution < -0.4 is 5.32 Å². The Kier molecular flexibility index (Phi) is 4.93. The standard InChI is InChI=1S/C14H13ClN2O3S/c1-8(14-17-11(7-21-14)6-12(18)19)13(20)16-10-4-2-9(15)3-5-10/h2-5,7-8H,6H2,1H3,(H,16,20)(H,18,19)/t8-/m0/s1. The molecule has 0 saturated heterocycles. The first-order chi connectivity index (χ1) is 9.95. The number of hydrogen-bond donors (Lipinski definition) is 2. The number of hydrogen-bond acceptors (Lipinski definition) is 4. The van der Waals surface area contributed by atoms with E-state index < -0.39 is 11.9 Å². The van der Waals surface area contributed by atoms with E-state index >= 15 is 0 Å². The van der Waals surface area contributed by atoms with Crippen LogP contribution in [-0.4, -0.2) is 22.0 Å². The molecule has 0 aliphatic heterocycles. The maximum Gasteiger partial charge on any atom is 0.309 e. The summed E-state index contributed by atoms with van der Waals surface area (Å²) < 4.78 is 0. The van der Waals surface area contributed by atoms with Crippen LogP contribution in [0.2, 0.25) is 5.02 Å². The van der Waals surface area contributed by atoms with Crippen LogP contribution in [0.4, 0.5) is 5.69 Å². The van der Waals surface area contributed by atoms with Crippen molar-refractivity contribution in [3.8, 4) is 0 Å². The summed E-state index contributed by atoms with van der Waals surface area (Å²) in [7, 11) is 0. The average Bonchev–Trinajstić information content (AvgIpc) is 2.88. The van der Waals surface area contributed by atoms with E-state index in [0.29, 0.717) is 21.4 Å². The van der Waals surface area contributed by atoms with Crippen molar-refractivity contribution in [2.75, 3.05) is 5.32 Å². The average molecular weight is 325 g/mol. The van der Waals surface area contributed by atoms with E-state index in [9.17, 15) is 9.59 Å². The molecule has 0 aliphatic rings. The molecule has 2 N–H and O–H groups in total. The lowest BCUT2D eigenvalue weighted by molar-refractivity contribution is -0.136. The largest absolute Gasteiger partial charge is 0.481 e. The molecule has 5 nitrogen and oxygen atoms in total. The van der Waals surface area contributed by atoms with Crippen molar-refractivity contribution in [2.24, 2.45) is 0 Å². The molecule has 0 bridgehead atoms. The van der Waals surface area contributed by atoms with Crippen molar-refractivity contribution in [2.45, 2.75) is 19.3 Å². The van der Waals surface area contributed by atoms with Gasteiger partial charge in [-0.15, -0.1) is 11.3 Å². The Hall–Kier alpha value is -1.92. The number of carboxylic acid groups (broad SMARTS) is 1. The van der Waals surface area contributed by atoms with Gasteiger partial charge in [0.25, 0.3) is 0 Å². The molecule has 2 aromatic rings. The first-order valence-electron chi connectivity index (χ1n) is 6.18. The number of anilines is 1. The lowest BCUT2D eigenvalue weighted by Gasteiger charge is -2.09. The van der Waals surface area contributed by atoms with E-state index in [-0.39, 0.29) is 12.3 Å². The zero-order valence-corrected chi connectivity index (χ0v) is 12.7. The van der Waals surface area contributed by atoms with E-state index in [2.05, 4.69) is 10.3 Å². The second kappa shape index (κ2) is 6.69. The van der Waals surface area contributed by atoms with E-state index in [1.807, 2.05) is 0 Å². The highest BCUT2D eigenvalue weighted by molar-refractivity contribution is 7.09. The number of nitrogens with one attached hydrogen (secondary N) is 1. The van der Waals surface area contributed by atoms with Crippen LogP contribution in [0.5, 0.6) is 0 Å². The summed E-state index contributed by atoms with van der Waals surface area (Å²) >= 11 is 7.07. The fourth-order valence-electron chi connectivity index (χ4n) is 1.65. The number of thiazole rings is 1. The smallest absolute Gasteiger partial charge is 0.309 e. The Morgan fingerprint density at radius 3 is 2.67 bits per heavy atom. The minimum Gasteiger partial charge on any atom is -0.481 e. The Morgan fingerprint density at radius 2 is 2.05 bits per heavy atom. The van der Waals surface area contributed by atoms with Crippen molar-refractivity contribution in [1.82, 2.24) is 4.98 Å². The van der Waals surface area contributed by atoms with Gasteiger partial charge in [-0.2, -0.15) is 0 Å². The van der Waals surface area contributed by atoms with Gasteiger partial charge in [-0.25, -0.2) is 4.98 Å². The van der Waals surface area contributed by atoms with Gasteiger partial charge in [0.1, 0.15) is 5.01 Å². The maximum atomic E-state index is 12.1. The number of aromatic nitrogens is 1. The number of aliphatic carboxylic acids is 1. The lowest BCUT2D eigenvalue weighted by atomic mass is 10.1. The third-order valence-electron chi connectivity index (χ3n) is 2.78. The Morgan fingerprint density at radius 1 is 1.38 bits per heavy atom. The van der Waals surface area contributed by atoms with Crippen molar-refractivity contribution in [3.63, 3.8) is 0 Å². The van der Waals surface area contributed by atoms with Crippen LogP contribution in [0.3, 0.4) is 0 Å². The number of amides is 1. The van der Waals surface area contributed by atoms with E-state index in [1.165, 1.54) is 11.3 Å². The van der Waals surface area contributed by atoms with Gasteiger partial charge >= 0.3 is 5.97 Å². The minimum atomic E-state index is -0.940. The summed E-state index contributed by atoms with van der Waals surface area (Å²) in [6.45, 7) is 1.73. The van der Waals surface area contributed by atoms with Gasteiger partial charge in [0.2, 0.25) is 5.91 Å². The maximum absolute atomic E-state index is 12.1. The fourth-order valence-corrected chi connectivity index (χ4v) is 2.65. The molecule has 0 unspecified atom stereocenters. The van der Waals surface area contributed by atoms with E-state index in [4.69, 9.17) is 16.7 Å². The highest BCUT2D eigenvalue weighted by atomic mass is 35.5. The quantitative estimate of drug-likeness (QED) is 0.885. The lowest BCUT2D eigenvalue weighted by Crippen LogP contribution is -2.18. The Balaban J connectivity index is 2.03. The molecule has 0 spiro atoms. The third-order valence-corrected chi connectivity index (χ3v) is 4.11. The number of halogens is 1. The number of carbonyl (C=O) groups excluding carboxylic acids is 1. The molecule has 21 heavy (non-hydrogen) atoms. The van der Waals surface area contributed by atoms with Gasteiger partial charge in [-0.1, -0.05) is 11.6 Å². The molecule has 2 rings (SSSR count). The highest BCUT2D eigenvalue weighted by Gasteiger charge is 2.19. The van der Waals surface area contributed by atoms with Gasteiger partial charge in [0, 0.05) is 16.1 Å². The summed E-state index contributed by atoms with van der Waals surface area (Å²) in [5.74, 6) is -1.59. The molecule has 1 atom stereocenters. The topological polar surface area (TPSA) is 79.3 Å². The van der Waals surface area contributed by atoms with E-state index in [1.54, 1.807) is 36.6 Å². The number of benzene rings is 1.